The Morgan fingerprint density at radius 2 is 1.79 bits per heavy atom. The first kappa shape index (κ1) is 18.8. The van der Waals surface area contributed by atoms with Gasteiger partial charge >= 0.3 is 0 Å². The predicted molar refractivity (Wildman–Crippen MR) is 112 cm³/mol. The smallest absolute Gasteiger partial charge is 0.293 e. The van der Waals surface area contributed by atoms with E-state index in [9.17, 15) is 14.4 Å². The largest absolute Gasteiger partial charge is 0.326 e. The van der Waals surface area contributed by atoms with Crippen LogP contribution in [0.3, 0.4) is 0 Å². The third kappa shape index (κ3) is 4.33. The van der Waals surface area contributed by atoms with E-state index < -0.39 is 0 Å². The molecule has 4 rings (SSSR count). The lowest BCUT2D eigenvalue weighted by Gasteiger charge is -2.12. The first-order valence-corrected chi connectivity index (χ1v) is 9.73. The van der Waals surface area contributed by atoms with E-state index >= 15 is 0 Å². The molecule has 3 amide bonds. The molecule has 2 heterocycles. The van der Waals surface area contributed by atoms with Crippen molar-refractivity contribution in [2.75, 3.05) is 11.9 Å². The average Bonchev–Trinajstić information content (AvgIpc) is 2.99. The van der Waals surface area contributed by atoms with Crippen LogP contribution in [0.1, 0.15) is 12.0 Å². The Bertz CT molecular complexity index is 1130. The molecule has 1 saturated heterocycles. The van der Waals surface area contributed by atoms with Crippen molar-refractivity contribution in [3.63, 3.8) is 0 Å². The van der Waals surface area contributed by atoms with Crippen LogP contribution < -0.4 is 5.32 Å². The fourth-order valence-electron chi connectivity index (χ4n) is 2.87. The summed E-state index contributed by atoms with van der Waals surface area (Å²) >= 11 is 0.885. The maximum Gasteiger partial charge on any atom is 0.293 e. The van der Waals surface area contributed by atoms with Gasteiger partial charge < -0.3 is 5.32 Å². The SMILES string of the molecule is O=C(CCN1C(=O)S/C(=C\c2ccccc2)C1=O)Nc1ccc2nccnc2c1. The van der Waals surface area contributed by atoms with Crippen molar-refractivity contribution >= 4 is 51.6 Å². The van der Waals surface area contributed by atoms with Crippen molar-refractivity contribution in [1.82, 2.24) is 14.9 Å². The molecule has 0 atom stereocenters. The molecule has 1 aliphatic rings. The van der Waals surface area contributed by atoms with Gasteiger partial charge in [0.05, 0.1) is 15.9 Å². The number of nitrogens with one attached hydrogen (secondary N) is 1. The molecule has 2 aromatic carbocycles. The van der Waals surface area contributed by atoms with Crippen molar-refractivity contribution in [3.05, 3.63) is 71.4 Å². The van der Waals surface area contributed by atoms with Gasteiger partial charge in [0, 0.05) is 31.0 Å². The van der Waals surface area contributed by atoms with Gasteiger partial charge in [-0.25, -0.2) is 0 Å². The van der Waals surface area contributed by atoms with E-state index in [4.69, 9.17) is 0 Å². The molecule has 144 valence electrons. The summed E-state index contributed by atoms with van der Waals surface area (Å²) in [6, 6.07) is 14.5. The number of aromatic nitrogens is 2. The summed E-state index contributed by atoms with van der Waals surface area (Å²) in [5.74, 6) is -0.669. The van der Waals surface area contributed by atoms with Crippen LogP contribution in [0.5, 0.6) is 0 Å². The number of rotatable bonds is 5. The Morgan fingerprint density at radius 1 is 1.03 bits per heavy atom. The minimum absolute atomic E-state index is 0.00909. The summed E-state index contributed by atoms with van der Waals surface area (Å²) in [7, 11) is 0. The van der Waals surface area contributed by atoms with E-state index in [1.807, 2.05) is 30.3 Å². The maximum atomic E-state index is 12.5. The second-order valence-electron chi connectivity index (χ2n) is 6.30. The Hall–Kier alpha value is -3.52. The van der Waals surface area contributed by atoms with Crippen LogP contribution >= 0.6 is 11.8 Å². The summed E-state index contributed by atoms with van der Waals surface area (Å²) in [6.07, 6.45) is 4.87. The monoisotopic (exact) mass is 404 g/mol. The van der Waals surface area contributed by atoms with Gasteiger partial charge in [-0.3, -0.25) is 29.3 Å². The Kier molecular flexibility index (Phi) is 5.35. The van der Waals surface area contributed by atoms with E-state index in [2.05, 4.69) is 15.3 Å². The highest BCUT2D eigenvalue weighted by Crippen LogP contribution is 2.32. The number of hydrogen-bond acceptors (Lipinski definition) is 6. The molecule has 1 fully saturated rings. The van der Waals surface area contributed by atoms with Crippen molar-refractivity contribution in [1.29, 1.82) is 0 Å². The van der Waals surface area contributed by atoms with E-state index in [1.165, 1.54) is 0 Å². The molecule has 0 radical (unpaired) electrons. The van der Waals surface area contributed by atoms with Crippen LogP contribution in [-0.2, 0) is 9.59 Å². The third-order valence-electron chi connectivity index (χ3n) is 4.29. The van der Waals surface area contributed by atoms with Crippen molar-refractivity contribution in [2.45, 2.75) is 6.42 Å². The van der Waals surface area contributed by atoms with E-state index in [0.717, 1.165) is 27.7 Å². The molecule has 0 bridgehead atoms. The number of imide groups is 1. The number of anilines is 1. The molecular formula is C21H16N4O3S. The fourth-order valence-corrected chi connectivity index (χ4v) is 3.74. The molecule has 0 unspecified atom stereocenters. The van der Waals surface area contributed by atoms with Gasteiger partial charge in [0.15, 0.2) is 0 Å². The summed E-state index contributed by atoms with van der Waals surface area (Å²) in [5.41, 5.74) is 2.83. The second-order valence-corrected chi connectivity index (χ2v) is 7.30. The molecular weight excluding hydrogens is 388 g/mol. The molecule has 8 heteroatoms. The molecule has 0 spiro atoms. The number of carbonyl (C=O) groups is 3. The Labute approximate surface area is 170 Å². The van der Waals surface area contributed by atoms with Crippen LogP contribution in [0.15, 0.2) is 65.8 Å². The van der Waals surface area contributed by atoms with E-state index in [1.54, 1.807) is 36.7 Å². The number of hydrogen-bond donors (Lipinski definition) is 1. The van der Waals surface area contributed by atoms with Crippen molar-refractivity contribution < 1.29 is 14.4 Å². The highest BCUT2D eigenvalue weighted by molar-refractivity contribution is 8.18. The highest BCUT2D eigenvalue weighted by Gasteiger charge is 2.34. The van der Waals surface area contributed by atoms with Gasteiger partial charge in [-0.1, -0.05) is 30.3 Å². The maximum absolute atomic E-state index is 12.5. The lowest BCUT2D eigenvalue weighted by Crippen LogP contribution is -2.31. The molecule has 1 aromatic heterocycles. The van der Waals surface area contributed by atoms with Crippen LogP contribution in [0.4, 0.5) is 10.5 Å². The molecule has 0 saturated carbocycles. The number of benzene rings is 2. The average molecular weight is 404 g/mol. The predicted octanol–water partition coefficient (Wildman–Crippen LogP) is 3.69. The zero-order valence-electron chi connectivity index (χ0n) is 15.2. The lowest BCUT2D eigenvalue weighted by molar-refractivity contribution is -0.123. The lowest BCUT2D eigenvalue weighted by atomic mass is 10.2. The van der Waals surface area contributed by atoms with Crippen LogP contribution in [-0.4, -0.2) is 38.5 Å². The van der Waals surface area contributed by atoms with E-state index in [-0.39, 0.29) is 30.0 Å². The minimum atomic E-state index is -0.377. The van der Waals surface area contributed by atoms with Gasteiger partial charge in [0.2, 0.25) is 5.91 Å². The van der Waals surface area contributed by atoms with Crippen LogP contribution in [0.25, 0.3) is 17.1 Å². The summed E-state index contributed by atoms with van der Waals surface area (Å²) in [6.45, 7) is 0.0238. The zero-order valence-corrected chi connectivity index (χ0v) is 16.1. The quantitative estimate of drug-likeness (QED) is 0.652. The fraction of sp³-hybridized carbons (Fsp3) is 0.0952. The van der Waals surface area contributed by atoms with Crippen molar-refractivity contribution in [2.24, 2.45) is 0 Å². The summed E-state index contributed by atoms with van der Waals surface area (Å²) < 4.78 is 0. The molecule has 1 aliphatic heterocycles. The van der Waals surface area contributed by atoms with Gasteiger partial charge in [0.25, 0.3) is 11.1 Å². The van der Waals surface area contributed by atoms with Gasteiger partial charge in [0.1, 0.15) is 0 Å². The molecule has 0 aliphatic carbocycles. The van der Waals surface area contributed by atoms with Gasteiger partial charge in [-0.2, -0.15) is 0 Å². The highest BCUT2D eigenvalue weighted by atomic mass is 32.2. The Morgan fingerprint density at radius 3 is 2.59 bits per heavy atom. The standard InChI is InChI=1S/C21H16N4O3S/c26-19(24-15-6-7-16-17(13-15)23-10-9-22-16)8-11-25-20(27)18(29-21(25)28)12-14-4-2-1-3-5-14/h1-7,9-10,12-13H,8,11H2,(H,24,26)/b18-12-. The van der Waals surface area contributed by atoms with Crippen molar-refractivity contribution in [3.8, 4) is 0 Å². The first-order valence-electron chi connectivity index (χ1n) is 8.91. The summed E-state index contributed by atoms with van der Waals surface area (Å²) in [4.78, 5) is 46.8. The number of nitrogens with zero attached hydrogens (tertiary/aromatic N) is 3. The van der Waals surface area contributed by atoms with E-state index in [0.29, 0.717) is 16.1 Å². The summed E-state index contributed by atoms with van der Waals surface area (Å²) in [5, 5.41) is 2.39. The van der Waals surface area contributed by atoms with Crippen LogP contribution in [0.2, 0.25) is 0 Å². The van der Waals surface area contributed by atoms with Gasteiger partial charge in [-0.05, 0) is 41.6 Å². The normalized spacial score (nSPS) is 15.3. The second kappa shape index (κ2) is 8.24. The molecule has 3 aromatic rings. The number of thioether (sulfide) groups is 1. The number of amides is 3. The topological polar surface area (TPSA) is 92.3 Å². The third-order valence-corrected chi connectivity index (χ3v) is 5.19. The molecule has 29 heavy (non-hydrogen) atoms. The number of fused-ring (bicyclic) bond motifs is 1. The van der Waals surface area contributed by atoms with Crippen LogP contribution in [0, 0.1) is 0 Å². The first-order chi connectivity index (χ1) is 14.1. The number of carbonyl (C=O) groups excluding carboxylic acids is 3. The zero-order chi connectivity index (χ0) is 20.2. The Balaban J connectivity index is 1.37. The minimum Gasteiger partial charge on any atom is -0.326 e. The molecule has 1 N–H and O–H groups in total. The van der Waals surface area contributed by atoms with Gasteiger partial charge in [-0.15, -0.1) is 0 Å². The molecule has 7 nitrogen and oxygen atoms in total.